The zero-order chi connectivity index (χ0) is 15.0. The van der Waals surface area contributed by atoms with E-state index < -0.39 is 0 Å². The van der Waals surface area contributed by atoms with Gasteiger partial charge in [0.1, 0.15) is 10.6 Å². The largest absolute Gasteiger partial charge is 0.357 e. The van der Waals surface area contributed by atoms with Crippen molar-refractivity contribution in [3.8, 4) is 0 Å². The molecule has 0 saturated carbocycles. The highest BCUT2D eigenvalue weighted by molar-refractivity contribution is 7.18. The van der Waals surface area contributed by atoms with E-state index in [0.717, 1.165) is 16.6 Å². The Morgan fingerprint density at radius 1 is 1.33 bits per heavy atom. The number of aromatic nitrogens is 2. The summed E-state index contributed by atoms with van der Waals surface area (Å²) in [6, 6.07) is 2.03. The molecule has 0 bridgehead atoms. The summed E-state index contributed by atoms with van der Waals surface area (Å²) >= 11 is 1.60. The van der Waals surface area contributed by atoms with Crippen LogP contribution in [-0.4, -0.2) is 41.9 Å². The number of rotatable bonds is 3. The maximum absolute atomic E-state index is 11.6. The Bertz CT molecular complexity index is 711. The number of fused-ring (bicyclic) bond motifs is 1. The lowest BCUT2D eigenvalue weighted by Crippen LogP contribution is -2.51. The molecule has 0 spiro atoms. The van der Waals surface area contributed by atoms with Crippen LogP contribution in [0.1, 0.15) is 11.8 Å². The number of piperazine rings is 1. The van der Waals surface area contributed by atoms with Gasteiger partial charge >= 0.3 is 0 Å². The maximum Gasteiger partial charge on any atom is 0.246 e. The molecule has 3 heterocycles. The Kier molecular flexibility index (Phi) is 3.46. The number of carbonyl (C=O) groups is 2. The Labute approximate surface area is 125 Å². The first-order valence-corrected chi connectivity index (χ1v) is 7.48. The number of nitrogens with one attached hydrogen (secondary N) is 2. The van der Waals surface area contributed by atoms with Gasteiger partial charge < -0.3 is 10.2 Å². The molecule has 0 aromatic carbocycles. The van der Waals surface area contributed by atoms with E-state index in [1.165, 1.54) is 4.88 Å². The van der Waals surface area contributed by atoms with Crippen LogP contribution in [0.2, 0.25) is 0 Å². The van der Waals surface area contributed by atoms with E-state index in [0.29, 0.717) is 11.8 Å². The van der Waals surface area contributed by atoms with Crippen molar-refractivity contribution in [3.63, 3.8) is 0 Å². The van der Waals surface area contributed by atoms with Crippen molar-refractivity contribution in [2.75, 3.05) is 30.4 Å². The van der Waals surface area contributed by atoms with E-state index in [9.17, 15) is 9.59 Å². The second kappa shape index (κ2) is 5.28. The Morgan fingerprint density at radius 2 is 2.05 bits per heavy atom. The number of imide groups is 1. The van der Waals surface area contributed by atoms with Gasteiger partial charge in [-0.25, -0.2) is 4.98 Å². The van der Waals surface area contributed by atoms with Crippen molar-refractivity contribution in [3.05, 3.63) is 10.9 Å². The van der Waals surface area contributed by atoms with E-state index >= 15 is 0 Å². The average molecular weight is 305 g/mol. The summed E-state index contributed by atoms with van der Waals surface area (Å²) in [6.45, 7) is 2.32. The third kappa shape index (κ3) is 2.54. The van der Waals surface area contributed by atoms with Crippen LogP contribution < -0.4 is 15.5 Å². The lowest BCUT2D eigenvalue weighted by molar-refractivity contribution is -0.130. The number of nitrogens with zero attached hydrogens (tertiary/aromatic N) is 3. The Balaban J connectivity index is 2.12. The number of thiophene rings is 1. The van der Waals surface area contributed by atoms with Gasteiger partial charge in [-0.15, -0.1) is 11.3 Å². The normalized spacial score (nSPS) is 15.4. The topological polar surface area (TPSA) is 87.2 Å². The molecule has 0 atom stereocenters. The Morgan fingerprint density at radius 3 is 2.67 bits per heavy atom. The molecule has 0 radical (unpaired) electrons. The smallest absolute Gasteiger partial charge is 0.246 e. The molecule has 1 aliphatic rings. The molecule has 2 N–H and O–H groups in total. The molecule has 1 fully saturated rings. The first-order valence-electron chi connectivity index (χ1n) is 6.66. The van der Waals surface area contributed by atoms with Gasteiger partial charge in [-0.2, -0.15) is 4.98 Å². The molecule has 0 aliphatic carbocycles. The van der Waals surface area contributed by atoms with Gasteiger partial charge in [-0.1, -0.05) is 6.92 Å². The van der Waals surface area contributed by atoms with Crippen LogP contribution in [0.15, 0.2) is 6.07 Å². The predicted octanol–water partition coefficient (Wildman–Crippen LogP) is 0.758. The minimum Gasteiger partial charge on any atom is -0.357 e. The number of amides is 2. The van der Waals surface area contributed by atoms with Crippen LogP contribution in [0.5, 0.6) is 0 Å². The second-order valence-corrected chi connectivity index (χ2v) is 5.85. The molecule has 8 heteroatoms. The van der Waals surface area contributed by atoms with Crippen LogP contribution in [-0.2, 0) is 16.0 Å². The van der Waals surface area contributed by atoms with Gasteiger partial charge in [-0.05, 0) is 12.5 Å². The zero-order valence-electron chi connectivity index (χ0n) is 11.8. The quantitative estimate of drug-likeness (QED) is 0.814. The minimum atomic E-state index is -0.310. The number of aryl methyl sites for hydroxylation is 1. The number of anilines is 2. The number of hydrogen-bond donors (Lipinski definition) is 2. The van der Waals surface area contributed by atoms with Gasteiger partial charge in [0, 0.05) is 11.9 Å². The number of hydrogen-bond acceptors (Lipinski definition) is 7. The molecule has 2 amide bonds. The van der Waals surface area contributed by atoms with Gasteiger partial charge in [0.15, 0.2) is 0 Å². The molecule has 0 unspecified atom stereocenters. The summed E-state index contributed by atoms with van der Waals surface area (Å²) in [5.74, 6) is 0.494. The van der Waals surface area contributed by atoms with Crippen molar-refractivity contribution >= 4 is 45.1 Å². The molecule has 1 aliphatic heterocycles. The van der Waals surface area contributed by atoms with Crippen molar-refractivity contribution in [1.29, 1.82) is 0 Å². The molecule has 2 aromatic heterocycles. The SMILES string of the molecule is CCc1cc2c(N3CC(=O)NC(=O)C3)nc(NC)nc2s1. The van der Waals surface area contributed by atoms with Crippen LogP contribution in [0, 0.1) is 0 Å². The van der Waals surface area contributed by atoms with Crippen molar-refractivity contribution < 1.29 is 9.59 Å². The highest BCUT2D eigenvalue weighted by Gasteiger charge is 2.26. The van der Waals surface area contributed by atoms with E-state index in [4.69, 9.17) is 0 Å². The van der Waals surface area contributed by atoms with E-state index in [-0.39, 0.29) is 24.9 Å². The highest BCUT2D eigenvalue weighted by atomic mass is 32.1. The molecule has 1 saturated heterocycles. The van der Waals surface area contributed by atoms with Crippen LogP contribution >= 0.6 is 11.3 Å². The zero-order valence-corrected chi connectivity index (χ0v) is 12.6. The molecule has 2 aromatic rings. The molecule has 110 valence electrons. The first kappa shape index (κ1) is 13.7. The fraction of sp³-hybridized carbons (Fsp3) is 0.385. The summed E-state index contributed by atoms with van der Waals surface area (Å²) in [4.78, 5) is 35.8. The second-order valence-electron chi connectivity index (χ2n) is 4.73. The maximum atomic E-state index is 11.6. The molecule has 3 rings (SSSR count). The summed E-state index contributed by atoms with van der Waals surface area (Å²) in [5, 5.41) is 6.10. The highest BCUT2D eigenvalue weighted by Crippen LogP contribution is 2.32. The van der Waals surface area contributed by atoms with Crippen LogP contribution in [0.25, 0.3) is 10.2 Å². The van der Waals surface area contributed by atoms with Crippen LogP contribution in [0.3, 0.4) is 0 Å². The van der Waals surface area contributed by atoms with Crippen molar-refractivity contribution in [2.45, 2.75) is 13.3 Å². The van der Waals surface area contributed by atoms with Gasteiger partial charge in [-0.3, -0.25) is 14.9 Å². The predicted molar refractivity (Wildman–Crippen MR) is 81.7 cm³/mol. The van der Waals surface area contributed by atoms with E-state index in [2.05, 4.69) is 27.5 Å². The monoisotopic (exact) mass is 305 g/mol. The molecular weight excluding hydrogens is 290 g/mol. The Hall–Kier alpha value is -2.22. The summed E-state index contributed by atoms with van der Waals surface area (Å²) in [7, 11) is 1.74. The van der Waals surface area contributed by atoms with Gasteiger partial charge in [0.05, 0.1) is 18.5 Å². The summed E-state index contributed by atoms with van der Waals surface area (Å²) < 4.78 is 0. The van der Waals surface area contributed by atoms with E-state index in [1.54, 1.807) is 23.3 Å². The van der Waals surface area contributed by atoms with Gasteiger partial charge in [0.2, 0.25) is 17.8 Å². The fourth-order valence-electron chi connectivity index (χ4n) is 2.27. The third-order valence-corrected chi connectivity index (χ3v) is 4.42. The minimum absolute atomic E-state index is 0.123. The first-order chi connectivity index (χ1) is 10.1. The van der Waals surface area contributed by atoms with E-state index in [1.807, 2.05) is 6.07 Å². The van der Waals surface area contributed by atoms with Crippen LogP contribution in [0.4, 0.5) is 11.8 Å². The molecular formula is C13H15N5O2S. The molecule has 21 heavy (non-hydrogen) atoms. The fourth-order valence-corrected chi connectivity index (χ4v) is 3.23. The van der Waals surface area contributed by atoms with Crippen molar-refractivity contribution in [2.24, 2.45) is 0 Å². The standard InChI is InChI=1S/C13H15N5O2S/c1-3-7-4-8-11(16-13(14-2)17-12(8)21-7)18-5-9(19)15-10(20)6-18/h4H,3,5-6H2,1-2H3,(H,14,16,17)(H,15,19,20). The van der Waals surface area contributed by atoms with Crippen molar-refractivity contribution in [1.82, 2.24) is 15.3 Å². The lowest BCUT2D eigenvalue weighted by Gasteiger charge is -2.27. The third-order valence-electron chi connectivity index (χ3n) is 3.24. The summed E-state index contributed by atoms with van der Waals surface area (Å²) in [5.41, 5.74) is 0. The van der Waals surface area contributed by atoms with Gasteiger partial charge in [0.25, 0.3) is 0 Å². The average Bonchev–Trinajstić information content (AvgIpc) is 2.87. The number of carbonyl (C=O) groups excluding carboxylic acids is 2. The summed E-state index contributed by atoms with van der Waals surface area (Å²) in [6.07, 6.45) is 0.911. The lowest BCUT2D eigenvalue weighted by atomic mass is 10.2. The molecule has 7 nitrogen and oxygen atoms in total.